The minimum Gasteiger partial charge on any atom is -0.494 e. The predicted octanol–water partition coefficient (Wildman–Crippen LogP) is 4.54. The zero-order chi connectivity index (χ0) is 23.6. The Bertz CT molecular complexity index is 1140. The van der Waals surface area contributed by atoms with Gasteiger partial charge in [0, 0.05) is 17.3 Å². The summed E-state index contributed by atoms with van der Waals surface area (Å²) in [5.74, 6) is 0.196. The number of benzene rings is 3. The van der Waals surface area contributed by atoms with Crippen molar-refractivity contribution in [1.29, 1.82) is 5.26 Å². The minimum absolute atomic E-state index is 0.162. The van der Waals surface area contributed by atoms with Crippen molar-refractivity contribution in [3.63, 3.8) is 0 Å². The first-order valence-electron chi connectivity index (χ1n) is 10.4. The zero-order valence-electron chi connectivity index (χ0n) is 18.4. The SMILES string of the molecule is CCOc1cc(OCC(=O)c2ccccc2)cc(C(Nc2ccc(C#N)cc2)C(=O)OC)c1. The summed E-state index contributed by atoms with van der Waals surface area (Å²) in [5.41, 5.74) is 2.23. The van der Waals surface area contributed by atoms with Crippen molar-refractivity contribution in [2.75, 3.05) is 25.6 Å². The molecule has 1 unspecified atom stereocenters. The van der Waals surface area contributed by atoms with Crippen molar-refractivity contribution >= 4 is 17.4 Å². The summed E-state index contributed by atoms with van der Waals surface area (Å²) >= 11 is 0. The minimum atomic E-state index is -0.865. The van der Waals surface area contributed by atoms with Crippen molar-refractivity contribution in [2.24, 2.45) is 0 Å². The van der Waals surface area contributed by atoms with Crippen molar-refractivity contribution in [2.45, 2.75) is 13.0 Å². The third-order valence-electron chi connectivity index (χ3n) is 4.77. The summed E-state index contributed by atoms with van der Waals surface area (Å²) in [6.07, 6.45) is 0. The number of nitriles is 1. The normalized spacial score (nSPS) is 11.1. The molecule has 7 nitrogen and oxygen atoms in total. The monoisotopic (exact) mass is 444 g/mol. The van der Waals surface area contributed by atoms with Crippen LogP contribution in [0.2, 0.25) is 0 Å². The van der Waals surface area contributed by atoms with Crippen LogP contribution in [0.25, 0.3) is 0 Å². The van der Waals surface area contributed by atoms with E-state index >= 15 is 0 Å². The van der Waals surface area contributed by atoms with Gasteiger partial charge >= 0.3 is 5.97 Å². The van der Waals surface area contributed by atoms with Crippen LogP contribution in [-0.4, -0.2) is 32.1 Å². The molecule has 0 saturated carbocycles. The molecular weight excluding hydrogens is 420 g/mol. The second-order valence-electron chi connectivity index (χ2n) is 7.04. The molecule has 0 aliphatic rings. The quantitative estimate of drug-likeness (QED) is 0.362. The Hall–Kier alpha value is -4.31. The molecule has 0 saturated heterocycles. The Morgan fingerprint density at radius 3 is 2.24 bits per heavy atom. The molecule has 0 aliphatic heterocycles. The standard InChI is InChI=1S/C26H24N2O5/c1-3-32-22-13-20(14-23(15-22)33-17-24(29)19-7-5-4-6-8-19)25(26(30)31-2)28-21-11-9-18(16-27)10-12-21/h4-15,25,28H,3,17H2,1-2H3. The molecule has 3 rings (SSSR count). The number of esters is 1. The Morgan fingerprint density at radius 1 is 0.970 bits per heavy atom. The fourth-order valence-electron chi connectivity index (χ4n) is 3.15. The van der Waals surface area contributed by atoms with Crippen LogP contribution in [0.15, 0.2) is 72.8 Å². The Morgan fingerprint density at radius 2 is 1.64 bits per heavy atom. The lowest BCUT2D eigenvalue weighted by molar-refractivity contribution is -0.141. The van der Waals surface area contributed by atoms with Gasteiger partial charge in [0.25, 0.3) is 0 Å². The topological polar surface area (TPSA) is 97.6 Å². The average Bonchev–Trinajstić information content (AvgIpc) is 2.86. The highest BCUT2D eigenvalue weighted by Gasteiger charge is 2.23. The molecule has 3 aromatic carbocycles. The summed E-state index contributed by atoms with van der Waals surface area (Å²) in [5, 5.41) is 12.1. The van der Waals surface area contributed by atoms with Gasteiger partial charge in [-0.3, -0.25) is 4.79 Å². The number of carbonyl (C=O) groups is 2. The van der Waals surface area contributed by atoms with E-state index < -0.39 is 12.0 Å². The van der Waals surface area contributed by atoms with Crippen molar-refractivity contribution in [1.82, 2.24) is 0 Å². The number of ketones is 1. The summed E-state index contributed by atoms with van der Waals surface area (Å²) in [4.78, 5) is 25.0. The number of nitrogens with zero attached hydrogens (tertiary/aromatic N) is 1. The van der Waals surface area contributed by atoms with Crippen molar-refractivity contribution in [3.8, 4) is 17.6 Å². The highest BCUT2D eigenvalue weighted by atomic mass is 16.5. The third kappa shape index (κ3) is 6.34. The summed E-state index contributed by atoms with van der Waals surface area (Å²) in [6, 6.07) is 21.8. The highest BCUT2D eigenvalue weighted by Crippen LogP contribution is 2.30. The zero-order valence-corrected chi connectivity index (χ0v) is 18.4. The first kappa shape index (κ1) is 23.4. The molecule has 0 amide bonds. The molecule has 1 atom stereocenters. The van der Waals surface area contributed by atoms with Gasteiger partial charge in [0.15, 0.2) is 18.4 Å². The van der Waals surface area contributed by atoms with Crippen molar-refractivity contribution < 1.29 is 23.8 Å². The lowest BCUT2D eigenvalue weighted by Gasteiger charge is -2.20. The van der Waals surface area contributed by atoms with Gasteiger partial charge in [-0.2, -0.15) is 5.26 Å². The molecule has 0 spiro atoms. The second kappa shape index (κ2) is 11.3. The Balaban J connectivity index is 1.87. The molecule has 3 aromatic rings. The molecule has 0 bridgehead atoms. The molecule has 168 valence electrons. The van der Waals surface area contributed by atoms with Crippen LogP contribution >= 0.6 is 0 Å². The smallest absolute Gasteiger partial charge is 0.332 e. The number of ether oxygens (including phenoxy) is 3. The number of methoxy groups -OCH3 is 1. The fourth-order valence-corrected chi connectivity index (χ4v) is 3.15. The maximum Gasteiger partial charge on any atom is 0.332 e. The van der Waals surface area contributed by atoms with E-state index in [1.807, 2.05) is 13.0 Å². The van der Waals surface area contributed by atoms with Crippen LogP contribution in [-0.2, 0) is 9.53 Å². The maximum atomic E-state index is 12.6. The van der Waals surface area contributed by atoms with E-state index in [1.165, 1.54) is 7.11 Å². The number of Topliss-reactive ketones (excluding diaryl/α,β-unsaturated/α-hetero) is 1. The van der Waals surface area contributed by atoms with Gasteiger partial charge in [0.1, 0.15) is 11.5 Å². The number of carbonyl (C=O) groups excluding carboxylic acids is 2. The summed E-state index contributed by atoms with van der Waals surface area (Å²) in [6.45, 7) is 2.10. The molecule has 0 heterocycles. The van der Waals surface area contributed by atoms with Crippen LogP contribution in [0.1, 0.15) is 34.5 Å². The van der Waals surface area contributed by atoms with E-state index in [1.54, 1.807) is 66.7 Å². The summed E-state index contributed by atoms with van der Waals surface area (Å²) < 4.78 is 16.4. The van der Waals surface area contributed by atoms with Gasteiger partial charge in [0.2, 0.25) is 0 Å². The average molecular weight is 444 g/mol. The first-order chi connectivity index (χ1) is 16.0. The largest absolute Gasteiger partial charge is 0.494 e. The molecule has 0 aliphatic carbocycles. The molecular formula is C26H24N2O5. The number of hydrogen-bond donors (Lipinski definition) is 1. The van der Waals surface area contributed by atoms with E-state index in [4.69, 9.17) is 19.5 Å². The van der Waals surface area contributed by atoms with E-state index in [-0.39, 0.29) is 12.4 Å². The lowest BCUT2D eigenvalue weighted by atomic mass is 10.0. The molecule has 7 heteroatoms. The molecule has 1 N–H and O–H groups in total. The predicted molar refractivity (Wildman–Crippen MR) is 123 cm³/mol. The fraction of sp³-hybridized carbons (Fsp3) is 0.192. The van der Waals surface area contributed by atoms with Gasteiger partial charge < -0.3 is 19.5 Å². The van der Waals surface area contributed by atoms with E-state index in [9.17, 15) is 9.59 Å². The van der Waals surface area contributed by atoms with Crippen LogP contribution in [0.4, 0.5) is 5.69 Å². The van der Waals surface area contributed by atoms with Gasteiger partial charge in [-0.05, 0) is 48.9 Å². The van der Waals surface area contributed by atoms with Gasteiger partial charge in [-0.25, -0.2) is 4.79 Å². The van der Waals surface area contributed by atoms with E-state index in [0.717, 1.165) is 0 Å². The van der Waals surface area contributed by atoms with Crippen molar-refractivity contribution in [3.05, 3.63) is 89.5 Å². The second-order valence-corrected chi connectivity index (χ2v) is 7.04. The Kier molecular flexibility index (Phi) is 8.03. The molecule has 0 radical (unpaired) electrons. The van der Waals surface area contributed by atoms with Gasteiger partial charge in [-0.1, -0.05) is 30.3 Å². The summed E-state index contributed by atoms with van der Waals surface area (Å²) in [7, 11) is 1.30. The highest BCUT2D eigenvalue weighted by molar-refractivity contribution is 5.97. The number of nitrogens with one attached hydrogen (secondary N) is 1. The number of rotatable bonds is 10. The van der Waals surface area contributed by atoms with Gasteiger partial charge in [0.05, 0.1) is 25.3 Å². The molecule has 33 heavy (non-hydrogen) atoms. The lowest BCUT2D eigenvalue weighted by Crippen LogP contribution is -2.22. The van der Waals surface area contributed by atoms with Crippen LogP contribution in [0.5, 0.6) is 11.5 Å². The third-order valence-corrected chi connectivity index (χ3v) is 4.77. The van der Waals surface area contributed by atoms with E-state index in [0.29, 0.717) is 40.5 Å². The first-order valence-corrected chi connectivity index (χ1v) is 10.4. The van der Waals surface area contributed by atoms with Crippen LogP contribution in [0.3, 0.4) is 0 Å². The van der Waals surface area contributed by atoms with Gasteiger partial charge in [-0.15, -0.1) is 0 Å². The number of hydrogen-bond acceptors (Lipinski definition) is 7. The maximum absolute atomic E-state index is 12.6. The number of anilines is 1. The van der Waals surface area contributed by atoms with Crippen LogP contribution in [0, 0.1) is 11.3 Å². The Labute approximate surface area is 192 Å². The molecule has 0 fully saturated rings. The van der Waals surface area contributed by atoms with Crippen LogP contribution < -0.4 is 14.8 Å². The molecule has 0 aromatic heterocycles. The van der Waals surface area contributed by atoms with E-state index in [2.05, 4.69) is 11.4 Å².